The summed E-state index contributed by atoms with van der Waals surface area (Å²) >= 11 is 1.78. The van der Waals surface area contributed by atoms with Gasteiger partial charge in [-0.1, -0.05) is 90.4 Å². The SMILES string of the molecule is C=C(C1CCCCC1)N(CC1CCC(c2ccc(CC)c(C)c2)CC1)c1cccc(C)c1.C=C(N)C(C)(C)C.c1csc(C2CC2)n1. The highest BCUT2D eigenvalue weighted by Crippen LogP contribution is 2.41. The average molecular weight is 654 g/mol. The lowest BCUT2D eigenvalue weighted by molar-refractivity contribution is 0.323. The monoisotopic (exact) mass is 653 g/mol. The van der Waals surface area contributed by atoms with Crippen LogP contribution in [-0.4, -0.2) is 11.5 Å². The van der Waals surface area contributed by atoms with E-state index in [4.69, 9.17) is 5.73 Å². The van der Waals surface area contributed by atoms with E-state index in [-0.39, 0.29) is 5.41 Å². The molecule has 0 unspecified atom stereocenters. The second-order valence-corrected chi connectivity index (χ2v) is 16.4. The van der Waals surface area contributed by atoms with Gasteiger partial charge < -0.3 is 10.6 Å². The first-order valence-corrected chi connectivity index (χ1v) is 19.3. The van der Waals surface area contributed by atoms with Crippen LogP contribution < -0.4 is 10.6 Å². The number of anilines is 1. The number of allylic oxidation sites excluding steroid dienone is 2. The van der Waals surface area contributed by atoms with Gasteiger partial charge in [-0.05, 0) is 124 Å². The first kappa shape index (κ1) is 37.0. The maximum atomic E-state index is 5.38. The van der Waals surface area contributed by atoms with E-state index in [9.17, 15) is 0 Å². The third kappa shape index (κ3) is 11.4. The van der Waals surface area contributed by atoms with E-state index in [2.05, 4.69) is 86.3 Å². The maximum Gasteiger partial charge on any atom is 0.0955 e. The second kappa shape index (κ2) is 17.5. The van der Waals surface area contributed by atoms with Crippen LogP contribution >= 0.6 is 11.3 Å². The molecule has 0 aliphatic heterocycles. The number of nitrogens with zero attached hydrogens (tertiary/aromatic N) is 2. The zero-order valence-electron chi connectivity index (χ0n) is 30.5. The molecule has 3 fully saturated rings. The molecule has 3 saturated carbocycles. The normalized spacial score (nSPS) is 19.9. The molecule has 2 N–H and O–H groups in total. The standard InChI is InChI=1S/C31H43N.C6H7NS.C6H13N/c1-5-27-18-19-30(21-24(27)3)29-16-14-26(15-17-29)22-32(31-13-9-10-23(2)20-31)25(4)28-11-7-6-8-12-28;1-2-5(1)6-7-3-4-8-6;1-5(7)6(2,3)4/h9-10,13,18-21,26,28-29H,4-8,11-12,14-17,22H2,1-3H3;3-5H,1-2H2;1,7H2,2-4H3. The van der Waals surface area contributed by atoms with E-state index in [0.29, 0.717) is 5.92 Å². The molecule has 0 saturated heterocycles. The first-order valence-electron chi connectivity index (χ1n) is 18.4. The lowest BCUT2D eigenvalue weighted by Gasteiger charge is -2.38. The lowest BCUT2D eigenvalue weighted by atomic mass is 9.77. The molecule has 0 radical (unpaired) electrons. The van der Waals surface area contributed by atoms with Crippen LogP contribution in [-0.2, 0) is 6.42 Å². The Hall–Kier alpha value is -2.85. The minimum Gasteiger partial charge on any atom is -0.402 e. The summed E-state index contributed by atoms with van der Waals surface area (Å²) in [5.41, 5.74) is 14.8. The molecular weight excluding hydrogens is 591 g/mol. The van der Waals surface area contributed by atoms with Crippen LogP contribution in [0.15, 0.2) is 78.6 Å². The minimum atomic E-state index is 0.0833. The summed E-state index contributed by atoms with van der Waals surface area (Å²) in [4.78, 5) is 6.80. The second-order valence-electron chi connectivity index (χ2n) is 15.5. The third-order valence-electron chi connectivity index (χ3n) is 10.6. The molecule has 4 heteroatoms. The third-order valence-corrected chi connectivity index (χ3v) is 11.5. The van der Waals surface area contributed by atoms with Gasteiger partial charge in [0.05, 0.1) is 5.01 Å². The van der Waals surface area contributed by atoms with Crippen molar-refractivity contribution in [2.75, 3.05) is 11.4 Å². The quantitative estimate of drug-likeness (QED) is 0.263. The summed E-state index contributed by atoms with van der Waals surface area (Å²) in [5, 5.41) is 3.39. The summed E-state index contributed by atoms with van der Waals surface area (Å²) in [6.45, 7) is 22.3. The van der Waals surface area contributed by atoms with Crippen LogP contribution in [0.1, 0.15) is 137 Å². The van der Waals surface area contributed by atoms with Crippen molar-refractivity contribution in [1.82, 2.24) is 4.98 Å². The molecule has 3 aromatic rings. The van der Waals surface area contributed by atoms with E-state index in [1.165, 1.54) is 104 Å². The number of hydrogen-bond donors (Lipinski definition) is 1. The Bertz CT molecular complexity index is 1400. The van der Waals surface area contributed by atoms with E-state index < -0.39 is 0 Å². The van der Waals surface area contributed by atoms with Gasteiger partial charge in [0.25, 0.3) is 0 Å². The largest absolute Gasteiger partial charge is 0.402 e. The van der Waals surface area contributed by atoms with Gasteiger partial charge in [0, 0.05) is 46.5 Å². The number of aromatic nitrogens is 1. The Labute approximate surface area is 291 Å². The van der Waals surface area contributed by atoms with Gasteiger partial charge in [0.1, 0.15) is 0 Å². The number of benzene rings is 2. The minimum absolute atomic E-state index is 0.0833. The molecule has 0 spiro atoms. The van der Waals surface area contributed by atoms with Crippen LogP contribution in [0, 0.1) is 31.1 Å². The molecule has 0 atom stereocenters. The van der Waals surface area contributed by atoms with Crippen molar-refractivity contribution in [3.63, 3.8) is 0 Å². The van der Waals surface area contributed by atoms with E-state index in [1.807, 2.05) is 32.3 Å². The average Bonchev–Trinajstić information content (AvgIpc) is 3.77. The molecule has 1 aromatic heterocycles. The summed E-state index contributed by atoms with van der Waals surface area (Å²) in [7, 11) is 0. The highest BCUT2D eigenvalue weighted by molar-refractivity contribution is 7.09. The summed E-state index contributed by atoms with van der Waals surface area (Å²) in [5.74, 6) is 3.02. The molecular formula is C43H63N3S. The number of rotatable bonds is 8. The van der Waals surface area contributed by atoms with Crippen molar-refractivity contribution in [3.05, 3.63) is 106 Å². The Morgan fingerprint density at radius 3 is 2.09 bits per heavy atom. The van der Waals surface area contributed by atoms with Gasteiger partial charge in [-0.25, -0.2) is 4.98 Å². The Balaban J connectivity index is 0.000000271. The number of nitrogens with two attached hydrogens (primary N) is 1. The Morgan fingerprint density at radius 1 is 0.894 bits per heavy atom. The summed E-state index contributed by atoms with van der Waals surface area (Å²) in [6.07, 6.45) is 17.9. The van der Waals surface area contributed by atoms with Gasteiger partial charge in [0.2, 0.25) is 0 Å². The Kier molecular flexibility index (Phi) is 13.8. The fourth-order valence-electron chi connectivity index (χ4n) is 6.91. The van der Waals surface area contributed by atoms with Crippen molar-refractivity contribution in [2.45, 2.75) is 130 Å². The maximum absolute atomic E-state index is 5.38. The van der Waals surface area contributed by atoms with Gasteiger partial charge in [-0.2, -0.15) is 0 Å². The number of hydrogen-bond acceptors (Lipinski definition) is 4. The van der Waals surface area contributed by atoms with Gasteiger partial charge in [-0.15, -0.1) is 11.3 Å². The molecule has 47 heavy (non-hydrogen) atoms. The zero-order chi connectivity index (χ0) is 34.0. The zero-order valence-corrected chi connectivity index (χ0v) is 31.3. The lowest BCUT2D eigenvalue weighted by Crippen LogP contribution is -2.33. The predicted molar refractivity (Wildman–Crippen MR) is 206 cm³/mol. The molecule has 2 aromatic carbocycles. The number of thiazole rings is 1. The number of aryl methyl sites for hydroxylation is 3. The van der Waals surface area contributed by atoms with Crippen molar-refractivity contribution in [3.8, 4) is 0 Å². The highest BCUT2D eigenvalue weighted by Gasteiger charge is 2.28. The van der Waals surface area contributed by atoms with Crippen LogP contribution in [0.5, 0.6) is 0 Å². The van der Waals surface area contributed by atoms with E-state index >= 15 is 0 Å². The summed E-state index contributed by atoms with van der Waals surface area (Å²) in [6, 6.07) is 16.3. The van der Waals surface area contributed by atoms with Crippen LogP contribution in [0.25, 0.3) is 0 Å². The first-order chi connectivity index (χ1) is 22.5. The molecule has 6 rings (SSSR count). The fraction of sp³-hybridized carbons (Fsp3) is 0.558. The smallest absolute Gasteiger partial charge is 0.0955 e. The highest BCUT2D eigenvalue weighted by atomic mass is 32.1. The Morgan fingerprint density at radius 2 is 1.55 bits per heavy atom. The van der Waals surface area contributed by atoms with Crippen molar-refractivity contribution < 1.29 is 0 Å². The van der Waals surface area contributed by atoms with Crippen molar-refractivity contribution in [2.24, 2.45) is 23.0 Å². The van der Waals surface area contributed by atoms with Crippen LogP contribution in [0.2, 0.25) is 0 Å². The molecule has 1 heterocycles. The van der Waals surface area contributed by atoms with Crippen LogP contribution in [0.4, 0.5) is 5.69 Å². The van der Waals surface area contributed by atoms with E-state index in [1.54, 1.807) is 16.9 Å². The molecule has 3 aliphatic rings. The molecule has 3 aliphatic carbocycles. The molecule has 256 valence electrons. The predicted octanol–water partition coefficient (Wildman–Crippen LogP) is 12.3. The fourth-order valence-corrected chi connectivity index (χ4v) is 7.72. The molecule has 0 bridgehead atoms. The summed E-state index contributed by atoms with van der Waals surface area (Å²) < 4.78 is 0. The van der Waals surface area contributed by atoms with Crippen LogP contribution in [0.3, 0.4) is 0 Å². The van der Waals surface area contributed by atoms with Gasteiger partial charge in [-0.3, -0.25) is 0 Å². The van der Waals surface area contributed by atoms with Gasteiger partial charge in [0.15, 0.2) is 0 Å². The topological polar surface area (TPSA) is 42.1 Å². The van der Waals surface area contributed by atoms with E-state index in [0.717, 1.165) is 36.4 Å². The molecule has 0 amide bonds. The molecule has 3 nitrogen and oxygen atoms in total. The van der Waals surface area contributed by atoms with Crippen molar-refractivity contribution in [1.29, 1.82) is 0 Å². The van der Waals surface area contributed by atoms with Crippen molar-refractivity contribution >= 4 is 17.0 Å². The van der Waals surface area contributed by atoms with Gasteiger partial charge >= 0.3 is 0 Å².